The summed E-state index contributed by atoms with van der Waals surface area (Å²) in [5, 5.41) is 3.80. The lowest BCUT2D eigenvalue weighted by Gasteiger charge is -2.05. The largest absolute Gasteiger partial charge is 0.486 e. The molecule has 0 spiro atoms. The van der Waals surface area contributed by atoms with Crippen LogP contribution in [0.1, 0.15) is 43.3 Å². The van der Waals surface area contributed by atoms with Crippen LogP contribution in [0.2, 0.25) is 5.02 Å². The lowest BCUT2D eigenvalue weighted by atomic mass is 10.1. The van der Waals surface area contributed by atoms with E-state index in [0.717, 1.165) is 4.70 Å². The number of carbonyl (C=O) groups excluding carboxylic acids is 3. The van der Waals surface area contributed by atoms with E-state index in [9.17, 15) is 14.4 Å². The normalized spacial score (nSPS) is 10.8. The van der Waals surface area contributed by atoms with E-state index < -0.39 is 11.9 Å². The van der Waals surface area contributed by atoms with E-state index in [1.165, 1.54) is 25.4 Å². The summed E-state index contributed by atoms with van der Waals surface area (Å²) >= 11 is 7.45. The number of halogens is 1. The third-order valence-electron chi connectivity index (χ3n) is 4.79. The minimum atomic E-state index is -0.507. The first-order valence-electron chi connectivity index (χ1n) is 9.80. The summed E-state index contributed by atoms with van der Waals surface area (Å²) in [5.74, 6) is 0.221. The third kappa shape index (κ3) is 4.92. The monoisotopic (exact) mass is 483 g/mol. The number of ketones is 1. The molecule has 4 rings (SSSR count). The first-order chi connectivity index (χ1) is 15.9. The smallest absolute Gasteiger partial charge is 0.349 e. The SMILES string of the molecule is COC(=O)c1sc2cc(NC(=O)c3ccc(COc4ccc(C(C)=O)cc4)o3)ccc2c1Cl. The standard InChI is InChI=1S/C24H18ClNO6S/c1-13(27)14-3-6-16(7-4-14)31-12-17-8-10-19(32-17)23(28)26-15-5-9-18-20(11-15)33-22(21(18)25)24(29)30-2/h3-11H,12H2,1-2H3,(H,26,28). The summed E-state index contributed by atoms with van der Waals surface area (Å²) in [4.78, 5) is 36.1. The van der Waals surface area contributed by atoms with Crippen molar-refractivity contribution in [2.75, 3.05) is 12.4 Å². The van der Waals surface area contributed by atoms with Crippen LogP contribution in [0.3, 0.4) is 0 Å². The predicted octanol–water partition coefficient (Wildman–Crippen LogP) is 5.97. The van der Waals surface area contributed by atoms with Crippen LogP contribution >= 0.6 is 22.9 Å². The van der Waals surface area contributed by atoms with Gasteiger partial charge in [-0.25, -0.2) is 4.79 Å². The number of ether oxygens (including phenoxy) is 2. The maximum atomic E-state index is 12.6. The number of rotatable bonds is 7. The number of thiophene rings is 1. The Kier molecular flexibility index (Phi) is 6.48. The van der Waals surface area contributed by atoms with Gasteiger partial charge in [0.15, 0.2) is 11.5 Å². The Hall–Kier alpha value is -3.62. The van der Waals surface area contributed by atoms with Gasteiger partial charge in [0.2, 0.25) is 0 Å². The van der Waals surface area contributed by atoms with Gasteiger partial charge >= 0.3 is 5.97 Å². The molecule has 0 saturated heterocycles. The van der Waals surface area contributed by atoms with Gasteiger partial charge in [0.1, 0.15) is 23.0 Å². The number of methoxy groups -OCH3 is 1. The number of nitrogens with one attached hydrogen (secondary N) is 1. The van der Waals surface area contributed by atoms with Gasteiger partial charge in [0.05, 0.1) is 12.1 Å². The van der Waals surface area contributed by atoms with Crippen LogP contribution in [-0.2, 0) is 11.3 Å². The number of esters is 1. The first kappa shape index (κ1) is 22.6. The number of anilines is 1. The van der Waals surface area contributed by atoms with E-state index in [2.05, 4.69) is 5.32 Å². The highest BCUT2D eigenvalue weighted by Gasteiger charge is 2.18. The van der Waals surface area contributed by atoms with Crippen molar-refractivity contribution < 1.29 is 28.3 Å². The number of amides is 1. The third-order valence-corrected chi connectivity index (χ3v) is 6.42. The van der Waals surface area contributed by atoms with Crippen molar-refractivity contribution in [2.45, 2.75) is 13.5 Å². The topological polar surface area (TPSA) is 94.8 Å². The quantitative estimate of drug-likeness (QED) is 0.257. The zero-order valence-electron chi connectivity index (χ0n) is 17.6. The Balaban J connectivity index is 1.41. The van der Waals surface area contributed by atoms with Crippen molar-refractivity contribution in [3.63, 3.8) is 0 Å². The molecule has 9 heteroatoms. The van der Waals surface area contributed by atoms with Gasteiger partial charge in [-0.1, -0.05) is 11.6 Å². The molecule has 2 aromatic heterocycles. The summed E-state index contributed by atoms with van der Waals surface area (Å²) in [6.45, 7) is 1.63. The van der Waals surface area contributed by atoms with E-state index in [0.29, 0.717) is 38.0 Å². The molecule has 1 N–H and O–H groups in total. The second-order valence-corrected chi connectivity index (χ2v) is 8.47. The summed E-state index contributed by atoms with van der Waals surface area (Å²) in [5.41, 5.74) is 1.13. The fourth-order valence-corrected chi connectivity index (χ4v) is 4.54. The van der Waals surface area contributed by atoms with Gasteiger partial charge in [-0.05, 0) is 61.5 Å². The van der Waals surface area contributed by atoms with E-state index in [1.54, 1.807) is 54.6 Å². The second-order valence-electron chi connectivity index (χ2n) is 7.04. The number of hydrogen-bond acceptors (Lipinski definition) is 7. The van der Waals surface area contributed by atoms with E-state index in [1.807, 2.05) is 0 Å². The van der Waals surface area contributed by atoms with Crippen LogP contribution in [0.4, 0.5) is 5.69 Å². The summed E-state index contributed by atoms with van der Waals surface area (Å²) in [6, 6.07) is 15.1. The molecule has 0 aliphatic rings. The number of Topliss-reactive ketones (excluding diaryl/α,β-unsaturated/α-hetero) is 1. The molecule has 0 radical (unpaired) electrons. The average Bonchev–Trinajstić information content (AvgIpc) is 3.42. The number of fused-ring (bicyclic) bond motifs is 1. The van der Waals surface area contributed by atoms with Crippen molar-refractivity contribution in [1.82, 2.24) is 0 Å². The average molecular weight is 484 g/mol. The number of hydrogen-bond donors (Lipinski definition) is 1. The van der Waals surface area contributed by atoms with Crippen molar-refractivity contribution in [3.05, 3.63) is 81.6 Å². The molecule has 0 aliphatic heterocycles. The summed E-state index contributed by atoms with van der Waals surface area (Å²) in [7, 11) is 1.29. The van der Waals surface area contributed by atoms with Crippen LogP contribution in [-0.4, -0.2) is 24.8 Å². The molecule has 0 bridgehead atoms. The highest BCUT2D eigenvalue weighted by molar-refractivity contribution is 7.21. The highest BCUT2D eigenvalue weighted by Crippen LogP contribution is 2.37. The lowest BCUT2D eigenvalue weighted by molar-refractivity contribution is 0.0606. The van der Waals surface area contributed by atoms with Crippen LogP contribution in [0.5, 0.6) is 5.75 Å². The Labute approximate surface area is 197 Å². The van der Waals surface area contributed by atoms with Crippen molar-refractivity contribution in [1.29, 1.82) is 0 Å². The Bertz CT molecular complexity index is 1360. The minimum Gasteiger partial charge on any atom is -0.486 e. The summed E-state index contributed by atoms with van der Waals surface area (Å²) < 4.78 is 16.7. The lowest BCUT2D eigenvalue weighted by Crippen LogP contribution is -2.10. The van der Waals surface area contributed by atoms with Crippen LogP contribution in [0, 0.1) is 0 Å². The molecule has 2 heterocycles. The summed E-state index contributed by atoms with van der Waals surface area (Å²) in [6.07, 6.45) is 0. The minimum absolute atomic E-state index is 0.0199. The molecule has 2 aromatic carbocycles. The molecule has 0 fully saturated rings. The van der Waals surface area contributed by atoms with Gasteiger partial charge in [0.25, 0.3) is 5.91 Å². The number of carbonyl (C=O) groups is 3. The zero-order chi connectivity index (χ0) is 23.5. The number of benzene rings is 2. The van der Waals surface area contributed by atoms with Crippen molar-refractivity contribution >= 4 is 56.4 Å². The first-order valence-corrected chi connectivity index (χ1v) is 11.0. The van der Waals surface area contributed by atoms with Gasteiger partial charge in [-0.15, -0.1) is 11.3 Å². The fraction of sp³-hybridized carbons (Fsp3) is 0.125. The van der Waals surface area contributed by atoms with Gasteiger partial charge < -0.3 is 19.2 Å². The van der Waals surface area contributed by atoms with Gasteiger partial charge in [-0.2, -0.15) is 0 Å². The molecule has 7 nitrogen and oxygen atoms in total. The van der Waals surface area contributed by atoms with Crippen LogP contribution in [0.25, 0.3) is 10.1 Å². The molecule has 0 unspecified atom stereocenters. The molecule has 0 saturated carbocycles. The molecule has 4 aromatic rings. The molecule has 0 atom stereocenters. The molecule has 0 aliphatic carbocycles. The molecule has 33 heavy (non-hydrogen) atoms. The number of furan rings is 1. The van der Waals surface area contributed by atoms with E-state index in [-0.39, 0.29) is 18.2 Å². The van der Waals surface area contributed by atoms with Gasteiger partial charge in [0, 0.05) is 21.3 Å². The molecular weight excluding hydrogens is 466 g/mol. The molecule has 168 valence electrons. The van der Waals surface area contributed by atoms with E-state index >= 15 is 0 Å². The molecular formula is C24H18ClNO6S. The highest BCUT2D eigenvalue weighted by atomic mass is 35.5. The second kappa shape index (κ2) is 9.48. The van der Waals surface area contributed by atoms with E-state index in [4.69, 9.17) is 25.5 Å². The predicted molar refractivity (Wildman–Crippen MR) is 126 cm³/mol. The maximum absolute atomic E-state index is 12.6. The molecule has 1 amide bonds. The van der Waals surface area contributed by atoms with Crippen LogP contribution in [0.15, 0.2) is 59.0 Å². The van der Waals surface area contributed by atoms with Crippen molar-refractivity contribution in [2.24, 2.45) is 0 Å². The Morgan fingerprint density at radius 2 is 1.82 bits per heavy atom. The maximum Gasteiger partial charge on any atom is 0.349 e. The van der Waals surface area contributed by atoms with Gasteiger partial charge in [-0.3, -0.25) is 9.59 Å². The zero-order valence-corrected chi connectivity index (χ0v) is 19.2. The fourth-order valence-electron chi connectivity index (χ4n) is 3.08. The Morgan fingerprint density at radius 1 is 1.06 bits per heavy atom. The Morgan fingerprint density at radius 3 is 2.52 bits per heavy atom. The van der Waals surface area contributed by atoms with Crippen LogP contribution < -0.4 is 10.1 Å². The van der Waals surface area contributed by atoms with Crippen molar-refractivity contribution in [3.8, 4) is 5.75 Å².